The molecule has 0 bridgehead atoms. The fourth-order valence-electron chi connectivity index (χ4n) is 1.10. The van der Waals surface area contributed by atoms with Gasteiger partial charge in [-0.25, -0.2) is 9.59 Å². The molecule has 0 aliphatic heterocycles. The summed E-state index contributed by atoms with van der Waals surface area (Å²) in [6, 6.07) is -1.40. The fraction of sp³-hybridized carbons (Fsp3) is 0.800. The Bertz CT molecular complexity index is 351. The Morgan fingerprint density at radius 1 is 1.42 bits per heavy atom. The average molecular weight is 302 g/mol. The summed E-state index contributed by atoms with van der Waals surface area (Å²) in [6.45, 7) is 2.07. The van der Waals surface area contributed by atoms with E-state index in [1.807, 2.05) is 0 Å². The van der Waals surface area contributed by atoms with E-state index in [-0.39, 0.29) is 6.04 Å². The first kappa shape index (κ1) is 17.9. The number of nitrogens with one attached hydrogen (secondary N) is 1. The van der Waals surface area contributed by atoms with Gasteiger partial charge >= 0.3 is 18.2 Å². The van der Waals surface area contributed by atoms with Crippen LogP contribution in [0.2, 0.25) is 0 Å². The third-order valence-electron chi connectivity index (χ3n) is 2.74. The van der Waals surface area contributed by atoms with Gasteiger partial charge in [-0.2, -0.15) is 24.9 Å². The van der Waals surface area contributed by atoms with Crippen molar-refractivity contribution in [3.8, 4) is 0 Å². The minimum absolute atomic E-state index is 0.318. The molecule has 0 radical (unpaired) electrons. The molecular formula is C10H17F3N2O3S. The molecule has 19 heavy (non-hydrogen) atoms. The molecule has 0 rings (SSSR count). The molecule has 0 fully saturated rings. The van der Waals surface area contributed by atoms with Crippen molar-refractivity contribution < 1.29 is 27.9 Å². The first-order chi connectivity index (χ1) is 8.47. The highest BCUT2D eigenvalue weighted by Gasteiger charge is 2.58. The minimum atomic E-state index is -5.09. The molecule has 0 saturated carbocycles. The molecule has 0 saturated heterocycles. The molecule has 0 spiro atoms. The highest BCUT2D eigenvalue weighted by molar-refractivity contribution is 7.98. The van der Waals surface area contributed by atoms with Crippen molar-refractivity contribution in [2.75, 3.05) is 19.1 Å². The maximum Gasteiger partial charge on any atom is 0.422 e. The van der Waals surface area contributed by atoms with E-state index in [1.54, 1.807) is 13.2 Å². The Morgan fingerprint density at radius 2 is 1.89 bits per heavy atom. The van der Waals surface area contributed by atoms with Gasteiger partial charge in [-0.15, -0.1) is 0 Å². The molecule has 112 valence electrons. The van der Waals surface area contributed by atoms with Gasteiger partial charge in [0.2, 0.25) is 5.54 Å². The number of carboxylic acids is 1. The lowest BCUT2D eigenvalue weighted by Gasteiger charge is -2.32. The zero-order chi connectivity index (χ0) is 15.4. The van der Waals surface area contributed by atoms with Crippen LogP contribution in [0, 0.1) is 0 Å². The van der Waals surface area contributed by atoms with Gasteiger partial charge in [0, 0.05) is 18.8 Å². The topological polar surface area (TPSA) is 69.6 Å². The van der Waals surface area contributed by atoms with Gasteiger partial charge < -0.3 is 15.3 Å². The first-order valence-electron chi connectivity index (χ1n) is 5.31. The number of thioether (sulfide) groups is 1. The van der Waals surface area contributed by atoms with E-state index in [4.69, 9.17) is 5.11 Å². The second-order valence-corrected chi connectivity index (χ2v) is 5.18. The molecule has 2 atom stereocenters. The largest absolute Gasteiger partial charge is 0.479 e. The van der Waals surface area contributed by atoms with E-state index < -0.39 is 23.7 Å². The number of carbonyl (C=O) groups excluding carboxylic acids is 1. The highest BCUT2D eigenvalue weighted by Crippen LogP contribution is 2.30. The predicted octanol–water partition coefficient (Wildman–Crippen LogP) is 1.78. The lowest BCUT2D eigenvalue weighted by molar-refractivity contribution is -0.203. The van der Waals surface area contributed by atoms with Gasteiger partial charge in [0.1, 0.15) is 0 Å². The van der Waals surface area contributed by atoms with Crippen LogP contribution in [0.25, 0.3) is 0 Å². The van der Waals surface area contributed by atoms with Crippen molar-refractivity contribution >= 4 is 23.8 Å². The zero-order valence-electron chi connectivity index (χ0n) is 11.0. The van der Waals surface area contributed by atoms with Gasteiger partial charge in [-0.05, 0) is 20.1 Å². The number of carboxylic acid groups (broad SMARTS) is 1. The van der Waals surface area contributed by atoms with Gasteiger partial charge in [-0.3, -0.25) is 0 Å². The summed E-state index contributed by atoms with van der Waals surface area (Å²) >= 11 is 1.43. The molecule has 0 aliphatic carbocycles. The maximum atomic E-state index is 12.7. The SMILES string of the molecule is CSCC(C)N(C)C(=O)NC(C)(C(=O)O)C(F)(F)F. The van der Waals surface area contributed by atoms with Crippen LogP contribution < -0.4 is 5.32 Å². The molecule has 0 heterocycles. The molecule has 2 amide bonds. The van der Waals surface area contributed by atoms with Gasteiger partial charge in [-0.1, -0.05) is 0 Å². The smallest absolute Gasteiger partial charge is 0.422 e. The molecule has 2 N–H and O–H groups in total. The van der Waals surface area contributed by atoms with Crippen LogP contribution in [0.5, 0.6) is 0 Å². The maximum absolute atomic E-state index is 12.7. The number of rotatable bonds is 5. The number of nitrogens with zero attached hydrogens (tertiary/aromatic N) is 1. The van der Waals surface area contributed by atoms with Crippen LogP contribution in [0.15, 0.2) is 0 Å². The van der Waals surface area contributed by atoms with Crippen molar-refractivity contribution in [1.29, 1.82) is 0 Å². The number of hydrogen-bond donors (Lipinski definition) is 2. The number of alkyl halides is 3. The van der Waals surface area contributed by atoms with E-state index >= 15 is 0 Å². The standard InChI is InChI=1S/C10H17F3N2O3S/c1-6(5-19-4)15(3)8(18)14-9(2,7(16)17)10(11,12)13/h6H,5H2,1-4H3,(H,14,18)(H,16,17). The third kappa shape index (κ3) is 4.19. The van der Waals surface area contributed by atoms with E-state index in [9.17, 15) is 22.8 Å². The molecule has 9 heteroatoms. The Balaban J connectivity index is 4.99. The van der Waals surface area contributed by atoms with Gasteiger partial charge in [0.25, 0.3) is 0 Å². The van der Waals surface area contributed by atoms with Crippen LogP contribution in [-0.2, 0) is 4.79 Å². The number of aliphatic carboxylic acids is 1. The number of hydrogen-bond acceptors (Lipinski definition) is 3. The van der Waals surface area contributed by atoms with Crippen molar-refractivity contribution in [3.63, 3.8) is 0 Å². The van der Waals surface area contributed by atoms with Crippen LogP contribution in [0.3, 0.4) is 0 Å². The Hall–Kier alpha value is -1.12. The second-order valence-electron chi connectivity index (χ2n) is 4.27. The second kappa shape index (κ2) is 6.36. The Morgan fingerprint density at radius 3 is 2.21 bits per heavy atom. The Labute approximate surface area is 113 Å². The minimum Gasteiger partial charge on any atom is -0.479 e. The summed E-state index contributed by atoms with van der Waals surface area (Å²) < 4.78 is 38.1. The van der Waals surface area contributed by atoms with Crippen LogP contribution in [0.1, 0.15) is 13.8 Å². The Kier molecular flexibility index (Phi) is 5.98. The summed E-state index contributed by atoms with van der Waals surface area (Å²) in [5, 5.41) is 10.2. The molecule has 5 nitrogen and oxygen atoms in total. The van der Waals surface area contributed by atoms with Crippen molar-refractivity contribution in [1.82, 2.24) is 10.2 Å². The number of amides is 2. The van der Waals surface area contributed by atoms with Crippen LogP contribution in [-0.4, -0.2) is 58.8 Å². The third-order valence-corrected chi connectivity index (χ3v) is 3.56. The summed E-state index contributed by atoms with van der Waals surface area (Å²) in [6.07, 6.45) is -3.29. The van der Waals surface area contributed by atoms with E-state index in [2.05, 4.69) is 0 Å². The molecule has 0 aromatic heterocycles. The fourth-order valence-corrected chi connectivity index (χ4v) is 1.81. The number of carbonyl (C=O) groups is 2. The van der Waals surface area contributed by atoms with E-state index in [1.165, 1.54) is 24.1 Å². The zero-order valence-corrected chi connectivity index (χ0v) is 11.9. The van der Waals surface area contributed by atoms with Crippen LogP contribution >= 0.6 is 11.8 Å². The molecule has 0 aromatic carbocycles. The van der Waals surface area contributed by atoms with E-state index in [0.717, 1.165) is 4.90 Å². The van der Waals surface area contributed by atoms with Crippen molar-refractivity contribution in [2.24, 2.45) is 0 Å². The summed E-state index contributed by atoms with van der Waals surface area (Å²) in [5.74, 6) is -1.63. The summed E-state index contributed by atoms with van der Waals surface area (Å²) in [5.41, 5.74) is -3.31. The lowest BCUT2D eigenvalue weighted by atomic mass is 10.0. The van der Waals surface area contributed by atoms with E-state index in [0.29, 0.717) is 12.7 Å². The van der Waals surface area contributed by atoms with Gasteiger partial charge in [0.15, 0.2) is 0 Å². The molecule has 0 aliphatic rings. The number of halogens is 3. The highest BCUT2D eigenvalue weighted by atomic mass is 32.2. The predicted molar refractivity (Wildman–Crippen MR) is 66.2 cm³/mol. The van der Waals surface area contributed by atoms with Crippen LogP contribution in [0.4, 0.5) is 18.0 Å². The quantitative estimate of drug-likeness (QED) is 0.812. The van der Waals surface area contributed by atoms with Crippen molar-refractivity contribution in [2.45, 2.75) is 31.6 Å². The summed E-state index contributed by atoms with van der Waals surface area (Å²) in [7, 11) is 1.31. The normalized spacial score (nSPS) is 16.4. The molecule has 2 unspecified atom stereocenters. The monoisotopic (exact) mass is 302 g/mol. The van der Waals surface area contributed by atoms with Crippen molar-refractivity contribution in [3.05, 3.63) is 0 Å². The summed E-state index contributed by atoms with van der Waals surface area (Å²) in [4.78, 5) is 23.5. The molecular weight excluding hydrogens is 285 g/mol. The number of urea groups is 1. The average Bonchev–Trinajstić information content (AvgIpc) is 2.26. The molecule has 0 aromatic rings. The lowest BCUT2D eigenvalue weighted by Crippen LogP contribution is -2.64. The first-order valence-corrected chi connectivity index (χ1v) is 6.70. The van der Waals surface area contributed by atoms with Gasteiger partial charge in [0.05, 0.1) is 0 Å².